The molecule has 0 saturated carbocycles. The first-order valence-electron chi connectivity index (χ1n) is 8.56. The van der Waals surface area contributed by atoms with Crippen LogP contribution in [0, 0.1) is 6.92 Å². The van der Waals surface area contributed by atoms with E-state index in [1.807, 2.05) is 43.3 Å². The maximum Gasteiger partial charge on any atom is 0.265 e. The van der Waals surface area contributed by atoms with E-state index in [-0.39, 0.29) is 18.4 Å². The van der Waals surface area contributed by atoms with E-state index in [2.05, 4.69) is 21.2 Å². The quantitative estimate of drug-likeness (QED) is 0.787. The minimum Gasteiger partial charge on any atom is -0.496 e. The van der Waals surface area contributed by atoms with E-state index < -0.39 is 6.04 Å². The van der Waals surface area contributed by atoms with Crippen molar-refractivity contribution in [3.05, 3.63) is 52.0 Å². The van der Waals surface area contributed by atoms with Crippen molar-refractivity contribution in [3.8, 4) is 11.5 Å². The zero-order valence-electron chi connectivity index (χ0n) is 15.4. The second kappa shape index (κ2) is 8.00. The van der Waals surface area contributed by atoms with Gasteiger partial charge in [0.25, 0.3) is 5.91 Å². The van der Waals surface area contributed by atoms with Crippen LogP contribution in [0.25, 0.3) is 0 Å². The highest BCUT2D eigenvalue weighted by molar-refractivity contribution is 9.10. The third-order valence-electron chi connectivity index (χ3n) is 4.46. The number of anilines is 1. The Kier molecular flexibility index (Phi) is 5.70. The number of amides is 2. The van der Waals surface area contributed by atoms with Crippen LogP contribution < -0.4 is 19.7 Å². The molecule has 1 aliphatic rings. The molecule has 1 heterocycles. The molecule has 0 aromatic heterocycles. The Balaban J connectivity index is 1.77. The van der Waals surface area contributed by atoms with Gasteiger partial charge >= 0.3 is 0 Å². The van der Waals surface area contributed by atoms with E-state index in [1.54, 1.807) is 14.0 Å². The van der Waals surface area contributed by atoms with Crippen LogP contribution in [0.2, 0.25) is 0 Å². The number of ether oxygens (including phenoxy) is 2. The number of aryl methyl sites for hydroxylation is 1. The zero-order chi connectivity index (χ0) is 19.6. The molecule has 0 saturated heterocycles. The number of hydrogen-bond acceptors (Lipinski definition) is 4. The molecule has 142 valence electrons. The van der Waals surface area contributed by atoms with Gasteiger partial charge in [0.1, 0.15) is 17.5 Å². The lowest BCUT2D eigenvalue weighted by molar-refractivity contribution is -0.127. The lowest BCUT2D eigenvalue weighted by Crippen LogP contribution is -2.51. The second-order valence-corrected chi connectivity index (χ2v) is 7.29. The van der Waals surface area contributed by atoms with Crippen LogP contribution in [0.5, 0.6) is 11.5 Å². The second-order valence-electron chi connectivity index (χ2n) is 6.37. The van der Waals surface area contributed by atoms with E-state index in [0.29, 0.717) is 23.7 Å². The van der Waals surface area contributed by atoms with Crippen molar-refractivity contribution >= 4 is 33.4 Å². The van der Waals surface area contributed by atoms with Gasteiger partial charge in [-0.1, -0.05) is 22.0 Å². The van der Waals surface area contributed by atoms with Crippen molar-refractivity contribution in [1.82, 2.24) is 5.32 Å². The van der Waals surface area contributed by atoms with Crippen molar-refractivity contribution in [2.24, 2.45) is 0 Å². The van der Waals surface area contributed by atoms with E-state index in [0.717, 1.165) is 15.6 Å². The highest BCUT2D eigenvalue weighted by Gasteiger charge is 2.33. The summed E-state index contributed by atoms with van der Waals surface area (Å²) >= 11 is 3.42. The summed E-state index contributed by atoms with van der Waals surface area (Å²) in [4.78, 5) is 26.7. The fourth-order valence-electron chi connectivity index (χ4n) is 3.04. The minimum absolute atomic E-state index is 0.0763. The number of carbonyl (C=O) groups is 2. The number of fused-ring (bicyclic) bond motifs is 1. The summed E-state index contributed by atoms with van der Waals surface area (Å²) in [6.07, 6.45) is 0. The Morgan fingerprint density at radius 3 is 2.85 bits per heavy atom. The maximum atomic E-state index is 12.7. The molecule has 0 radical (unpaired) electrons. The first kappa shape index (κ1) is 19.2. The molecule has 1 aliphatic heterocycles. The van der Waals surface area contributed by atoms with Gasteiger partial charge in [-0.05, 0) is 49.7 Å². The van der Waals surface area contributed by atoms with Crippen LogP contribution in [0.3, 0.4) is 0 Å². The topological polar surface area (TPSA) is 67.9 Å². The predicted octanol–water partition coefficient (Wildman–Crippen LogP) is 3.20. The highest BCUT2D eigenvalue weighted by atomic mass is 79.9. The molecule has 0 fully saturated rings. The van der Waals surface area contributed by atoms with Crippen LogP contribution >= 0.6 is 15.9 Å². The van der Waals surface area contributed by atoms with Crippen LogP contribution in [0.4, 0.5) is 5.69 Å². The van der Waals surface area contributed by atoms with Gasteiger partial charge in [-0.25, -0.2) is 0 Å². The molecule has 0 bridgehead atoms. The normalized spacial score (nSPS) is 14.2. The van der Waals surface area contributed by atoms with Gasteiger partial charge in [0.2, 0.25) is 5.91 Å². The molecular formula is C20H21BrN2O4. The average molecular weight is 433 g/mol. The molecule has 6 nitrogen and oxygen atoms in total. The monoisotopic (exact) mass is 432 g/mol. The zero-order valence-corrected chi connectivity index (χ0v) is 17.0. The van der Waals surface area contributed by atoms with Gasteiger partial charge in [0.15, 0.2) is 6.61 Å². The number of hydrogen-bond donors (Lipinski definition) is 1. The van der Waals surface area contributed by atoms with Crippen molar-refractivity contribution < 1.29 is 19.1 Å². The van der Waals surface area contributed by atoms with Gasteiger partial charge in [-0.2, -0.15) is 0 Å². The molecule has 0 aliphatic carbocycles. The number of halogens is 1. The Morgan fingerprint density at radius 1 is 1.33 bits per heavy atom. The van der Waals surface area contributed by atoms with Gasteiger partial charge in [-0.15, -0.1) is 0 Å². The van der Waals surface area contributed by atoms with Crippen LogP contribution in [-0.2, 0) is 16.1 Å². The largest absolute Gasteiger partial charge is 0.496 e. The summed E-state index contributed by atoms with van der Waals surface area (Å²) < 4.78 is 11.7. The molecule has 7 heteroatoms. The number of carbonyl (C=O) groups excluding carboxylic acids is 2. The summed E-state index contributed by atoms with van der Waals surface area (Å²) in [6, 6.07) is 10.5. The highest BCUT2D eigenvalue weighted by Crippen LogP contribution is 2.34. The molecule has 2 amide bonds. The smallest absolute Gasteiger partial charge is 0.265 e. The summed E-state index contributed by atoms with van der Waals surface area (Å²) in [5, 5.41) is 2.89. The van der Waals surface area contributed by atoms with Crippen molar-refractivity contribution in [1.29, 1.82) is 0 Å². The molecule has 2 aromatic rings. The van der Waals surface area contributed by atoms with Crippen LogP contribution in [-0.4, -0.2) is 31.6 Å². The Morgan fingerprint density at radius 2 is 2.11 bits per heavy atom. The summed E-state index contributed by atoms with van der Waals surface area (Å²) in [6.45, 7) is 3.86. The molecule has 1 atom stereocenters. The number of nitrogens with zero attached hydrogens (tertiary/aromatic N) is 1. The van der Waals surface area contributed by atoms with Gasteiger partial charge < -0.3 is 14.8 Å². The fourth-order valence-corrected chi connectivity index (χ4v) is 3.45. The van der Waals surface area contributed by atoms with Crippen molar-refractivity contribution in [2.75, 3.05) is 18.6 Å². The third kappa shape index (κ3) is 4.08. The molecule has 1 N–H and O–H groups in total. The molecule has 0 spiro atoms. The number of methoxy groups -OCH3 is 1. The third-order valence-corrected chi connectivity index (χ3v) is 4.95. The lowest BCUT2D eigenvalue weighted by Gasteiger charge is -2.33. The van der Waals surface area contributed by atoms with Gasteiger partial charge in [0.05, 0.1) is 12.8 Å². The van der Waals surface area contributed by atoms with E-state index in [1.165, 1.54) is 4.90 Å². The molecule has 2 aromatic carbocycles. The summed E-state index contributed by atoms with van der Waals surface area (Å²) in [7, 11) is 1.59. The lowest BCUT2D eigenvalue weighted by atomic mass is 10.1. The number of rotatable bonds is 5. The predicted molar refractivity (Wildman–Crippen MR) is 106 cm³/mol. The first-order chi connectivity index (χ1) is 12.9. The first-order valence-corrected chi connectivity index (χ1v) is 9.35. The SMILES string of the molecule is COc1ccc(Br)cc1CNC(=O)[C@@H](C)N1C(=O)COc2ccc(C)cc21. The maximum absolute atomic E-state index is 12.7. The van der Waals surface area contributed by atoms with Crippen molar-refractivity contribution in [3.63, 3.8) is 0 Å². The Bertz CT molecular complexity index is 884. The minimum atomic E-state index is -0.667. The van der Waals surface area contributed by atoms with E-state index in [9.17, 15) is 9.59 Å². The standard InChI is InChI=1S/C20H21BrN2O4/c1-12-4-6-18-16(8-12)23(19(24)11-27-18)13(2)20(25)22-10-14-9-15(21)5-7-17(14)26-3/h4-9,13H,10-11H2,1-3H3,(H,22,25)/t13-/m1/s1. The number of nitrogens with one attached hydrogen (secondary N) is 1. The Labute approximate surface area is 166 Å². The summed E-state index contributed by atoms with van der Waals surface area (Å²) in [5.74, 6) is 0.804. The fraction of sp³-hybridized carbons (Fsp3) is 0.300. The Hall–Kier alpha value is -2.54. The number of benzene rings is 2. The van der Waals surface area contributed by atoms with Crippen LogP contribution in [0.15, 0.2) is 40.9 Å². The molecule has 0 unspecified atom stereocenters. The van der Waals surface area contributed by atoms with E-state index >= 15 is 0 Å². The molecule has 3 rings (SSSR count). The van der Waals surface area contributed by atoms with Crippen LogP contribution in [0.1, 0.15) is 18.1 Å². The van der Waals surface area contributed by atoms with Gasteiger partial charge in [0, 0.05) is 16.6 Å². The van der Waals surface area contributed by atoms with Crippen molar-refractivity contribution in [2.45, 2.75) is 26.4 Å². The molecular weight excluding hydrogens is 412 g/mol. The van der Waals surface area contributed by atoms with E-state index in [4.69, 9.17) is 9.47 Å². The average Bonchev–Trinajstić information content (AvgIpc) is 2.65. The summed E-state index contributed by atoms with van der Waals surface area (Å²) in [5.41, 5.74) is 2.45. The molecule has 27 heavy (non-hydrogen) atoms. The van der Waals surface area contributed by atoms with Gasteiger partial charge in [-0.3, -0.25) is 14.5 Å².